The zero-order valence-corrected chi connectivity index (χ0v) is 10.5. The van der Waals surface area contributed by atoms with E-state index in [0.717, 1.165) is 19.3 Å². The minimum Gasteiger partial charge on any atom is -0.330 e. The minimum absolute atomic E-state index is 0.150. The Kier molecular flexibility index (Phi) is 4.55. The van der Waals surface area contributed by atoms with Crippen molar-refractivity contribution in [1.82, 2.24) is 4.31 Å². The molecule has 1 heterocycles. The quantitative estimate of drug-likeness (QED) is 0.787. The standard InChI is InChI=1S/C10H22N2O2S/c1-9-5-3-6-10(2)12(9)15(13,14)8-4-7-11/h9-10H,3-8,11H2,1-2H3. The molecule has 1 fully saturated rings. The summed E-state index contributed by atoms with van der Waals surface area (Å²) in [6, 6.07) is 0.299. The third-order valence-electron chi connectivity index (χ3n) is 3.04. The van der Waals surface area contributed by atoms with Crippen LogP contribution in [0.1, 0.15) is 39.5 Å². The molecule has 2 unspecified atom stereocenters. The van der Waals surface area contributed by atoms with Gasteiger partial charge in [0.25, 0.3) is 0 Å². The molecule has 0 saturated carbocycles. The van der Waals surface area contributed by atoms with Crippen molar-refractivity contribution in [2.24, 2.45) is 5.73 Å². The van der Waals surface area contributed by atoms with Crippen molar-refractivity contribution < 1.29 is 8.42 Å². The zero-order chi connectivity index (χ0) is 11.5. The predicted molar refractivity (Wildman–Crippen MR) is 62.1 cm³/mol. The largest absolute Gasteiger partial charge is 0.330 e. The SMILES string of the molecule is CC1CCCC(C)N1S(=O)(=O)CCCN. The highest BCUT2D eigenvalue weighted by molar-refractivity contribution is 7.89. The van der Waals surface area contributed by atoms with Gasteiger partial charge >= 0.3 is 0 Å². The molecule has 0 amide bonds. The molecule has 15 heavy (non-hydrogen) atoms. The van der Waals surface area contributed by atoms with Gasteiger partial charge in [-0.2, -0.15) is 4.31 Å². The van der Waals surface area contributed by atoms with Crippen LogP contribution in [-0.4, -0.2) is 37.1 Å². The fraction of sp³-hybridized carbons (Fsp3) is 1.00. The van der Waals surface area contributed by atoms with Gasteiger partial charge in [0.15, 0.2) is 0 Å². The summed E-state index contributed by atoms with van der Waals surface area (Å²) in [5.74, 6) is 0.193. The Morgan fingerprint density at radius 3 is 2.27 bits per heavy atom. The lowest BCUT2D eigenvalue weighted by Gasteiger charge is -2.37. The zero-order valence-electron chi connectivity index (χ0n) is 9.65. The van der Waals surface area contributed by atoms with E-state index in [2.05, 4.69) is 0 Å². The van der Waals surface area contributed by atoms with E-state index in [1.54, 1.807) is 4.31 Å². The minimum atomic E-state index is -3.09. The van der Waals surface area contributed by atoms with Crippen molar-refractivity contribution in [3.63, 3.8) is 0 Å². The van der Waals surface area contributed by atoms with Crippen molar-refractivity contribution >= 4 is 10.0 Å². The second kappa shape index (κ2) is 5.27. The topological polar surface area (TPSA) is 63.4 Å². The lowest BCUT2D eigenvalue weighted by molar-refractivity contribution is 0.204. The molecule has 1 saturated heterocycles. The Morgan fingerprint density at radius 1 is 1.27 bits per heavy atom. The first-order valence-corrected chi connectivity index (χ1v) is 7.31. The molecule has 5 heteroatoms. The fourth-order valence-electron chi connectivity index (χ4n) is 2.32. The van der Waals surface area contributed by atoms with Gasteiger partial charge in [0.05, 0.1) is 5.75 Å². The third-order valence-corrected chi connectivity index (χ3v) is 5.21. The summed E-state index contributed by atoms with van der Waals surface area (Å²) < 4.78 is 25.8. The Morgan fingerprint density at radius 2 is 1.80 bits per heavy atom. The van der Waals surface area contributed by atoms with Gasteiger partial charge in [0.2, 0.25) is 10.0 Å². The fourth-order valence-corrected chi connectivity index (χ4v) is 4.37. The van der Waals surface area contributed by atoms with Crippen molar-refractivity contribution in [2.45, 2.75) is 51.6 Å². The molecule has 0 aromatic carbocycles. The van der Waals surface area contributed by atoms with Gasteiger partial charge < -0.3 is 5.73 Å². The van der Waals surface area contributed by atoms with E-state index < -0.39 is 10.0 Å². The van der Waals surface area contributed by atoms with Crippen LogP contribution in [0.15, 0.2) is 0 Å². The van der Waals surface area contributed by atoms with E-state index in [9.17, 15) is 8.42 Å². The first-order chi connectivity index (χ1) is 6.99. The normalized spacial score (nSPS) is 29.3. The summed E-state index contributed by atoms with van der Waals surface area (Å²) in [6.45, 7) is 4.43. The average Bonchev–Trinajstić information content (AvgIpc) is 2.14. The van der Waals surface area contributed by atoms with Gasteiger partial charge in [-0.3, -0.25) is 0 Å². The molecule has 1 aliphatic rings. The van der Waals surface area contributed by atoms with Crippen molar-refractivity contribution in [3.8, 4) is 0 Å². The molecule has 0 spiro atoms. The number of nitrogens with zero attached hydrogens (tertiary/aromatic N) is 1. The lowest BCUT2D eigenvalue weighted by Crippen LogP contribution is -2.48. The van der Waals surface area contributed by atoms with Gasteiger partial charge in [-0.25, -0.2) is 8.42 Å². The van der Waals surface area contributed by atoms with Crippen molar-refractivity contribution in [2.75, 3.05) is 12.3 Å². The van der Waals surface area contributed by atoms with Gasteiger partial charge in [-0.1, -0.05) is 6.42 Å². The van der Waals surface area contributed by atoms with Gasteiger partial charge in [-0.15, -0.1) is 0 Å². The van der Waals surface area contributed by atoms with Gasteiger partial charge in [0.1, 0.15) is 0 Å². The van der Waals surface area contributed by atoms with Crippen LogP contribution in [0.25, 0.3) is 0 Å². The monoisotopic (exact) mass is 234 g/mol. The molecule has 1 aliphatic heterocycles. The summed E-state index contributed by atoms with van der Waals surface area (Å²) in [4.78, 5) is 0. The van der Waals surface area contributed by atoms with E-state index >= 15 is 0 Å². The number of sulfonamides is 1. The molecule has 0 aliphatic carbocycles. The molecule has 2 atom stereocenters. The second-order valence-electron chi connectivity index (χ2n) is 4.42. The molecular formula is C10H22N2O2S. The van der Waals surface area contributed by atoms with Crippen LogP contribution in [0.4, 0.5) is 0 Å². The smallest absolute Gasteiger partial charge is 0.214 e. The molecule has 0 bridgehead atoms. The summed E-state index contributed by atoms with van der Waals surface area (Å²) in [6.07, 6.45) is 3.64. The Labute approximate surface area is 92.9 Å². The Bertz CT molecular complexity index is 280. The number of rotatable bonds is 4. The first kappa shape index (κ1) is 12.9. The highest BCUT2D eigenvalue weighted by Gasteiger charge is 2.33. The number of hydrogen-bond donors (Lipinski definition) is 1. The summed E-state index contributed by atoms with van der Waals surface area (Å²) in [5.41, 5.74) is 5.35. The van der Waals surface area contributed by atoms with E-state index in [4.69, 9.17) is 5.73 Å². The maximum atomic E-state index is 12.0. The molecule has 0 aromatic heterocycles. The highest BCUT2D eigenvalue weighted by atomic mass is 32.2. The predicted octanol–water partition coefficient (Wildman–Crippen LogP) is 0.928. The van der Waals surface area contributed by atoms with Crippen LogP contribution in [0.5, 0.6) is 0 Å². The van der Waals surface area contributed by atoms with Crippen molar-refractivity contribution in [3.05, 3.63) is 0 Å². The van der Waals surface area contributed by atoms with E-state index in [0.29, 0.717) is 13.0 Å². The molecule has 2 N–H and O–H groups in total. The summed E-state index contributed by atoms with van der Waals surface area (Å²) in [7, 11) is -3.09. The molecule has 4 nitrogen and oxygen atoms in total. The average molecular weight is 234 g/mol. The summed E-state index contributed by atoms with van der Waals surface area (Å²) >= 11 is 0. The molecular weight excluding hydrogens is 212 g/mol. The van der Waals surface area contributed by atoms with E-state index in [1.165, 1.54) is 0 Å². The first-order valence-electron chi connectivity index (χ1n) is 5.70. The number of nitrogens with two attached hydrogens (primary N) is 1. The number of piperidine rings is 1. The van der Waals surface area contributed by atoms with Gasteiger partial charge in [0, 0.05) is 12.1 Å². The number of hydrogen-bond acceptors (Lipinski definition) is 3. The second-order valence-corrected chi connectivity index (χ2v) is 6.41. The maximum Gasteiger partial charge on any atom is 0.214 e. The van der Waals surface area contributed by atoms with Crippen LogP contribution in [0.2, 0.25) is 0 Å². The van der Waals surface area contributed by atoms with Crippen molar-refractivity contribution in [1.29, 1.82) is 0 Å². The third kappa shape index (κ3) is 3.16. The van der Waals surface area contributed by atoms with Crippen LogP contribution in [0.3, 0.4) is 0 Å². The van der Waals surface area contributed by atoms with Crippen LogP contribution in [-0.2, 0) is 10.0 Å². The molecule has 0 aromatic rings. The molecule has 1 rings (SSSR count). The van der Waals surface area contributed by atoms with Crippen LogP contribution >= 0.6 is 0 Å². The highest BCUT2D eigenvalue weighted by Crippen LogP contribution is 2.25. The molecule has 0 radical (unpaired) electrons. The Hall–Kier alpha value is -0.130. The maximum absolute atomic E-state index is 12.0. The van der Waals surface area contributed by atoms with Crippen LogP contribution < -0.4 is 5.73 Å². The summed E-state index contributed by atoms with van der Waals surface area (Å²) in [5, 5.41) is 0. The van der Waals surface area contributed by atoms with Crippen LogP contribution in [0, 0.1) is 0 Å². The Balaban J connectivity index is 2.74. The van der Waals surface area contributed by atoms with Gasteiger partial charge in [-0.05, 0) is 39.7 Å². The molecule has 90 valence electrons. The van der Waals surface area contributed by atoms with E-state index in [-0.39, 0.29) is 17.8 Å². The lowest BCUT2D eigenvalue weighted by atomic mass is 10.0. The van der Waals surface area contributed by atoms with E-state index in [1.807, 2.05) is 13.8 Å².